The fraction of sp³-hybridized carbons (Fsp3) is 0.111. The second-order valence-corrected chi connectivity index (χ2v) is 9.56. The van der Waals surface area contributed by atoms with Gasteiger partial charge in [-0.3, -0.25) is 14.2 Å². The summed E-state index contributed by atoms with van der Waals surface area (Å²) in [5.74, 6) is 0.733. The molecule has 5 nitrogen and oxygen atoms in total. The molecule has 0 spiro atoms. The summed E-state index contributed by atoms with van der Waals surface area (Å²) in [5.41, 5.74) is 1.92. The highest BCUT2D eigenvalue weighted by Gasteiger charge is 2.11. The number of hydrogen-bond donors (Lipinski definition) is 0. The molecule has 0 atom stereocenters. The Morgan fingerprint density at radius 2 is 1.49 bits per heavy atom. The molecule has 0 bridgehead atoms. The summed E-state index contributed by atoms with van der Waals surface area (Å²) in [7, 11) is 3.04. The number of thiazole rings is 1. The van der Waals surface area contributed by atoms with Crippen LogP contribution in [-0.4, -0.2) is 24.6 Å². The molecule has 178 valence electrons. The lowest BCUT2D eigenvalue weighted by molar-refractivity contribution is 0.106. The van der Waals surface area contributed by atoms with Gasteiger partial charge in [-0.2, -0.15) is 0 Å². The van der Waals surface area contributed by atoms with E-state index in [4.69, 9.17) is 32.7 Å². The molecule has 0 saturated heterocycles. The van der Waals surface area contributed by atoms with Crippen molar-refractivity contribution >= 4 is 52.5 Å². The summed E-state index contributed by atoms with van der Waals surface area (Å²) in [5, 5.41) is 1.22. The fourth-order valence-electron chi connectivity index (χ4n) is 3.42. The van der Waals surface area contributed by atoms with Crippen LogP contribution in [0.25, 0.3) is 12.2 Å². The highest BCUT2D eigenvalue weighted by atomic mass is 35.5. The Labute approximate surface area is 216 Å². The third-order valence-corrected chi connectivity index (χ3v) is 6.81. The molecule has 8 heteroatoms. The largest absolute Gasteiger partial charge is 0.497 e. The Kier molecular flexibility index (Phi) is 7.76. The first-order valence-corrected chi connectivity index (χ1v) is 12.1. The quantitative estimate of drug-likeness (QED) is 0.326. The van der Waals surface area contributed by atoms with Crippen molar-refractivity contribution in [1.82, 2.24) is 4.57 Å². The maximum atomic E-state index is 13.4. The van der Waals surface area contributed by atoms with Crippen LogP contribution in [0.15, 0.2) is 71.5 Å². The number of hydrogen-bond acceptors (Lipinski definition) is 5. The molecular formula is C27H21Cl2NO4S. The topological polar surface area (TPSA) is 57.5 Å². The molecule has 0 radical (unpaired) electrons. The van der Waals surface area contributed by atoms with Crippen molar-refractivity contribution in [2.45, 2.75) is 6.54 Å². The van der Waals surface area contributed by atoms with Crippen LogP contribution in [0.4, 0.5) is 0 Å². The number of ketones is 1. The Morgan fingerprint density at radius 3 is 2.06 bits per heavy atom. The molecule has 0 N–H and O–H groups in total. The molecule has 35 heavy (non-hydrogen) atoms. The Bertz CT molecular complexity index is 1520. The average Bonchev–Trinajstić information content (AvgIpc) is 3.15. The SMILES string of the molecule is COc1cc(OC)cc(C(=O)/C=c2\s/c(=C/c3ccc(Cl)cc3)c(=O)n2Cc2ccc(Cl)cc2)c1. The van der Waals surface area contributed by atoms with Gasteiger partial charge >= 0.3 is 0 Å². The zero-order chi connectivity index (χ0) is 24.9. The monoisotopic (exact) mass is 525 g/mol. The first kappa shape index (κ1) is 24.8. The molecule has 1 heterocycles. The van der Waals surface area contributed by atoms with Gasteiger partial charge in [0.05, 0.1) is 25.3 Å². The molecule has 1 aromatic heterocycles. The van der Waals surface area contributed by atoms with Crippen LogP contribution >= 0.6 is 34.5 Å². The van der Waals surface area contributed by atoms with E-state index in [1.807, 2.05) is 24.3 Å². The van der Waals surface area contributed by atoms with Crippen LogP contribution in [0.3, 0.4) is 0 Å². The molecule has 0 aliphatic rings. The number of carbonyl (C=O) groups is 1. The van der Waals surface area contributed by atoms with E-state index >= 15 is 0 Å². The van der Waals surface area contributed by atoms with Gasteiger partial charge in [0.1, 0.15) is 16.2 Å². The Morgan fingerprint density at radius 1 is 0.914 bits per heavy atom. The van der Waals surface area contributed by atoms with E-state index in [0.717, 1.165) is 11.1 Å². The maximum Gasteiger partial charge on any atom is 0.269 e. The highest BCUT2D eigenvalue weighted by Crippen LogP contribution is 2.23. The van der Waals surface area contributed by atoms with Crippen molar-refractivity contribution < 1.29 is 14.3 Å². The minimum Gasteiger partial charge on any atom is -0.497 e. The smallest absolute Gasteiger partial charge is 0.269 e. The van der Waals surface area contributed by atoms with Crippen molar-refractivity contribution in [3.8, 4) is 11.5 Å². The predicted molar refractivity (Wildman–Crippen MR) is 142 cm³/mol. The summed E-state index contributed by atoms with van der Waals surface area (Å²) in [6.45, 7) is 0.293. The number of benzene rings is 3. The normalized spacial score (nSPS) is 12.1. The zero-order valence-electron chi connectivity index (χ0n) is 19.0. The summed E-state index contributed by atoms with van der Waals surface area (Å²) >= 11 is 13.3. The van der Waals surface area contributed by atoms with E-state index in [9.17, 15) is 9.59 Å². The average molecular weight is 526 g/mol. The second kappa shape index (κ2) is 11.0. The summed E-state index contributed by atoms with van der Waals surface area (Å²) in [6.07, 6.45) is 3.26. The van der Waals surface area contributed by atoms with Gasteiger partial charge in [0.15, 0.2) is 5.78 Å². The van der Waals surface area contributed by atoms with E-state index in [1.54, 1.807) is 53.1 Å². The molecule has 0 aliphatic heterocycles. The van der Waals surface area contributed by atoms with Gasteiger partial charge in [0, 0.05) is 27.8 Å². The van der Waals surface area contributed by atoms with Crippen molar-refractivity contribution in [2.24, 2.45) is 0 Å². The van der Waals surface area contributed by atoms with Crippen LogP contribution < -0.4 is 24.2 Å². The summed E-state index contributed by atoms with van der Waals surface area (Å²) in [6, 6.07) is 19.4. The molecule has 0 saturated carbocycles. The van der Waals surface area contributed by atoms with Gasteiger partial charge in [-0.25, -0.2) is 0 Å². The van der Waals surface area contributed by atoms with Gasteiger partial charge < -0.3 is 9.47 Å². The summed E-state index contributed by atoms with van der Waals surface area (Å²) in [4.78, 5) is 26.6. The lowest BCUT2D eigenvalue weighted by Gasteiger charge is -2.06. The van der Waals surface area contributed by atoms with Gasteiger partial charge in [-0.15, -0.1) is 11.3 Å². The number of rotatable bonds is 7. The van der Waals surface area contributed by atoms with E-state index in [-0.39, 0.29) is 11.3 Å². The Balaban J connectivity index is 1.85. The molecule has 4 aromatic rings. The van der Waals surface area contributed by atoms with Gasteiger partial charge in [-0.05, 0) is 53.6 Å². The number of carbonyl (C=O) groups excluding carboxylic acids is 1. The van der Waals surface area contributed by atoms with Crippen LogP contribution in [0.5, 0.6) is 11.5 Å². The van der Waals surface area contributed by atoms with Gasteiger partial charge in [0.25, 0.3) is 5.56 Å². The van der Waals surface area contributed by atoms with Crippen LogP contribution in [0.2, 0.25) is 10.0 Å². The van der Waals surface area contributed by atoms with Crippen molar-refractivity contribution in [3.05, 3.63) is 113 Å². The van der Waals surface area contributed by atoms with E-state index < -0.39 is 0 Å². The standard InChI is InChI=1S/C27H21Cl2NO4S/c1-33-22-12-19(13-23(14-22)34-2)24(31)15-26-30(16-18-5-9-21(29)10-6-18)27(32)25(35-26)11-17-3-7-20(28)8-4-17/h3-15H,16H2,1-2H3/b25-11+,26-15-. The zero-order valence-corrected chi connectivity index (χ0v) is 21.3. The molecule has 4 rings (SSSR count). The first-order valence-electron chi connectivity index (χ1n) is 10.6. The molecule has 0 fully saturated rings. The van der Waals surface area contributed by atoms with Crippen LogP contribution in [0, 0.1) is 0 Å². The number of nitrogens with zero attached hydrogens (tertiary/aromatic N) is 1. The third-order valence-electron chi connectivity index (χ3n) is 5.25. The first-order chi connectivity index (χ1) is 16.9. The molecule has 0 unspecified atom stereocenters. The number of methoxy groups -OCH3 is 2. The van der Waals surface area contributed by atoms with Crippen LogP contribution in [-0.2, 0) is 6.54 Å². The molecule has 0 amide bonds. The van der Waals surface area contributed by atoms with Crippen molar-refractivity contribution in [3.63, 3.8) is 0 Å². The number of Topliss-reactive ketones (excluding diaryl/α,β-unsaturated/α-hetero) is 1. The van der Waals surface area contributed by atoms with E-state index in [2.05, 4.69) is 0 Å². The minimum atomic E-state index is -0.272. The molecular weight excluding hydrogens is 505 g/mol. The lowest BCUT2D eigenvalue weighted by atomic mass is 10.1. The number of aromatic nitrogens is 1. The van der Waals surface area contributed by atoms with Crippen LogP contribution in [0.1, 0.15) is 21.5 Å². The van der Waals surface area contributed by atoms with Crippen molar-refractivity contribution in [2.75, 3.05) is 14.2 Å². The van der Waals surface area contributed by atoms with Gasteiger partial charge in [-0.1, -0.05) is 47.5 Å². The number of ether oxygens (including phenoxy) is 2. The van der Waals surface area contributed by atoms with E-state index in [1.165, 1.54) is 31.6 Å². The minimum absolute atomic E-state index is 0.192. The fourth-order valence-corrected chi connectivity index (χ4v) is 4.71. The second-order valence-electron chi connectivity index (χ2n) is 7.63. The van der Waals surface area contributed by atoms with E-state index in [0.29, 0.717) is 42.8 Å². The number of halogens is 2. The predicted octanol–water partition coefficient (Wildman–Crippen LogP) is 4.77. The summed E-state index contributed by atoms with van der Waals surface area (Å²) < 4.78 is 13.2. The Hall–Kier alpha value is -3.32. The lowest BCUT2D eigenvalue weighted by Crippen LogP contribution is -2.32. The maximum absolute atomic E-state index is 13.4. The molecule has 0 aliphatic carbocycles. The van der Waals surface area contributed by atoms with Gasteiger partial charge in [0.2, 0.25) is 0 Å². The third kappa shape index (κ3) is 6.03. The van der Waals surface area contributed by atoms with Crippen molar-refractivity contribution in [1.29, 1.82) is 0 Å². The highest BCUT2D eigenvalue weighted by molar-refractivity contribution is 7.07. The molecule has 3 aromatic carbocycles.